The molecule has 1 fully saturated rings. The number of aryl methyl sites for hydroxylation is 2. The fourth-order valence-electron chi connectivity index (χ4n) is 2.28. The highest BCUT2D eigenvalue weighted by Gasteiger charge is 2.33. The minimum atomic E-state index is -3.48. The summed E-state index contributed by atoms with van der Waals surface area (Å²) in [5.41, 5.74) is 0.423. The molecule has 0 unspecified atom stereocenters. The Morgan fingerprint density at radius 2 is 2.00 bits per heavy atom. The molecule has 1 aromatic rings. The predicted molar refractivity (Wildman–Crippen MR) is 68.2 cm³/mol. The lowest BCUT2D eigenvalue weighted by atomic mass is 10.0. The van der Waals surface area contributed by atoms with Crippen molar-refractivity contribution >= 4 is 21.6 Å². The lowest BCUT2D eigenvalue weighted by molar-refractivity contribution is 0.289. The Morgan fingerprint density at radius 1 is 1.39 bits per heavy atom. The number of nitrogens with zero attached hydrogens (tertiary/aromatic N) is 2. The van der Waals surface area contributed by atoms with E-state index in [9.17, 15) is 8.42 Å². The molecule has 2 heterocycles. The standard InChI is InChI=1S/C11H17ClN2O3S/c1-8-11(9(2)17-13-8)18(15,16)14-5-3-10(7-12)4-6-14/h10H,3-7H2,1-2H3. The first-order chi connectivity index (χ1) is 8.46. The van der Waals surface area contributed by atoms with Crippen LogP contribution in [0.1, 0.15) is 24.3 Å². The second-order valence-corrected chi connectivity index (χ2v) is 6.84. The Morgan fingerprint density at radius 3 is 2.44 bits per heavy atom. The fraction of sp³-hybridized carbons (Fsp3) is 0.727. The van der Waals surface area contributed by atoms with Crippen LogP contribution in [0.3, 0.4) is 0 Å². The van der Waals surface area contributed by atoms with E-state index in [1.165, 1.54) is 4.31 Å². The van der Waals surface area contributed by atoms with Crippen molar-refractivity contribution < 1.29 is 12.9 Å². The second kappa shape index (κ2) is 5.19. The van der Waals surface area contributed by atoms with Gasteiger partial charge in [0, 0.05) is 19.0 Å². The van der Waals surface area contributed by atoms with Gasteiger partial charge in [-0.25, -0.2) is 8.42 Å². The van der Waals surface area contributed by atoms with Gasteiger partial charge in [-0.3, -0.25) is 0 Å². The summed E-state index contributed by atoms with van der Waals surface area (Å²) in [7, 11) is -3.48. The van der Waals surface area contributed by atoms with E-state index in [0.29, 0.717) is 36.3 Å². The number of aromatic nitrogens is 1. The predicted octanol–water partition coefficient (Wildman–Crippen LogP) is 1.93. The van der Waals surface area contributed by atoms with Crippen molar-refractivity contribution in [1.82, 2.24) is 9.46 Å². The van der Waals surface area contributed by atoms with Crippen LogP contribution in [0.5, 0.6) is 0 Å². The number of hydrogen-bond acceptors (Lipinski definition) is 4. The van der Waals surface area contributed by atoms with Crippen LogP contribution in [0.4, 0.5) is 0 Å². The first-order valence-corrected chi connectivity index (χ1v) is 7.93. The molecule has 2 rings (SSSR count). The molecule has 102 valence electrons. The average Bonchev–Trinajstić information content (AvgIpc) is 2.69. The minimum absolute atomic E-state index is 0.215. The second-order valence-electron chi connectivity index (χ2n) is 4.66. The Balaban J connectivity index is 2.23. The molecule has 7 heteroatoms. The maximum atomic E-state index is 12.5. The van der Waals surface area contributed by atoms with Crippen LogP contribution in [0.2, 0.25) is 0 Å². The molecule has 0 amide bonds. The molecule has 1 aromatic heterocycles. The summed E-state index contributed by atoms with van der Waals surface area (Å²) >= 11 is 5.80. The minimum Gasteiger partial charge on any atom is -0.360 e. The van der Waals surface area contributed by atoms with Crippen molar-refractivity contribution in [2.24, 2.45) is 5.92 Å². The van der Waals surface area contributed by atoms with Crippen molar-refractivity contribution in [1.29, 1.82) is 0 Å². The summed E-state index contributed by atoms with van der Waals surface area (Å²) in [6.07, 6.45) is 1.62. The van der Waals surface area contributed by atoms with Crippen LogP contribution < -0.4 is 0 Å². The van der Waals surface area contributed by atoms with Gasteiger partial charge in [0.15, 0.2) is 5.76 Å². The van der Waals surface area contributed by atoms with Gasteiger partial charge in [0.2, 0.25) is 10.0 Å². The molecule has 0 aliphatic carbocycles. The summed E-state index contributed by atoms with van der Waals surface area (Å²) in [6.45, 7) is 4.31. The Bertz CT molecular complexity index is 499. The molecule has 0 saturated carbocycles. The Hall–Kier alpha value is -0.590. The number of alkyl halides is 1. The average molecular weight is 293 g/mol. The van der Waals surface area contributed by atoms with Crippen LogP contribution in [-0.4, -0.2) is 36.8 Å². The number of hydrogen-bond donors (Lipinski definition) is 0. The molecule has 5 nitrogen and oxygen atoms in total. The topological polar surface area (TPSA) is 63.4 Å². The summed E-state index contributed by atoms with van der Waals surface area (Å²) in [5.74, 6) is 1.37. The Labute approximate surface area is 112 Å². The lowest BCUT2D eigenvalue weighted by Gasteiger charge is -2.30. The van der Waals surface area contributed by atoms with Crippen molar-refractivity contribution in [3.05, 3.63) is 11.5 Å². The van der Waals surface area contributed by atoms with E-state index in [4.69, 9.17) is 16.1 Å². The van der Waals surface area contributed by atoms with Crippen molar-refractivity contribution in [2.75, 3.05) is 19.0 Å². The van der Waals surface area contributed by atoms with Crippen LogP contribution in [0.25, 0.3) is 0 Å². The molecule has 1 saturated heterocycles. The SMILES string of the molecule is Cc1noc(C)c1S(=O)(=O)N1CCC(CCl)CC1. The van der Waals surface area contributed by atoms with Gasteiger partial charge in [-0.05, 0) is 32.6 Å². The van der Waals surface area contributed by atoms with Crippen LogP contribution in [0, 0.1) is 19.8 Å². The van der Waals surface area contributed by atoms with E-state index in [0.717, 1.165) is 12.8 Å². The van der Waals surface area contributed by atoms with Gasteiger partial charge in [0.25, 0.3) is 0 Å². The van der Waals surface area contributed by atoms with Crippen LogP contribution in [-0.2, 0) is 10.0 Å². The van der Waals surface area contributed by atoms with Gasteiger partial charge in [-0.2, -0.15) is 4.31 Å². The number of rotatable bonds is 3. The lowest BCUT2D eigenvalue weighted by Crippen LogP contribution is -2.39. The first kappa shape index (κ1) is 13.8. The highest BCUT2D eigenvalue weighted by atomic mass is 35.5. The molecular formula is C11H17ClN2O3S. The summed E-state index contributed by atoms with van der Waals surface area (Å²) in [6, 6.07) is 0. The smallest absolute Gasteiger partial charge is 0.248 e. The van der Waals surface area contributed by atoms with Crippen molar-refractivity contribution in [2.45, 2.75) is 31.6 Å². The Kier molecular flexibility index (Phi) is 3.99. The molecule has 0 atom stereocenters. The highest BCUT2D eigenvalue weighted by Crippen LogP contribution is 2.27. The van der Waals surface area contributed by atoms with E-state index in [-0.39, 0.29) is 4.90 Å². The number of sulfonamides is 1. The van der Waals surface area contributed by atoms with Crippen LogP contribution >= 0.6 is 11.6 Å². The van der Waals surface area contributed by atoms with E-state index < -0.39 is 10.0 Å². The number of piperidine rings is 1. The van der Waals surface area contributed by atoms with Gasteiger partial charge in [0.1, 0.15) is 10.6 Å². The molecule has 0 radical (unpaired) electrons. The third kappa shape index (κ3) is 2.41. The van der Waals surface area contributed by atoms with Gasteiger partial charge >= 0.3 is 0 Å². The summed E-state index contributed by atoms with van der Waals surface area (Å²) in [4.78, 5) is 0.215. The van der Waals surface area contributed by atoms with Crippen molar-refractivity contribution in [3.8, 4) is 0 Å². The normalized spacial score (nSPS) is 19.3. The first-order valence-electron chi connectivity index (χ1n) is 5.95. The van der Waals surface area contributed by atoms with E-state index >= 15 is 0 Å². The highest BCUT2D eigenvalue weighted by molar-refractivity contribution is 7.89. The molecule has 1 aliphatic heterocycles. The maximum Gasteiger partial charge on any atom is 0.248 e. The van der Waals surface area contributed by atoms with Gasteiger partial charge in [-0.15, -0.1) is 11.6 Å². The summed E-state index contributed by atoms with van der Waals surface area (Å²) < 4.78 is 31.4. The maximum absolute atomic E-state index is 12.5. The zero-order valence-corrected chi connectivity index (χ0v) is 12.1. The molecule has 0 bridgehead atoms. The van der Waals surface area contributed by atoms with E-state index in [1.807, 2.05) is 0 Å². The third-order valence-electron chi connectivity index (χ3n) is 3.36. The number of halogens is 1. The zero-order valence-electron chi connectivity index (χ0n) is 10.5. The molecule has 1 aliphatic rings. The quantitative estimate of drug-likeness (QED) is 0.799. The largest absolute Gasteiger partial charge is 0.360 e. The fourth-order valence-corrected chi connectivity index (χ4v) is 4.35. The summed E-state index contributed by atoms with van der Waals surface area (Å²) in [5, 5.41) is 3.71. The molecule has 0 N–H and O–H groups in total. The van der Waals surface area contributed by atoms with Crippen LogP contribution in [0.15, 0.2) is 9.42 Å². The van der Waals surface area contributed by atoms with Crippen molar-refractivity contribution in [3.63, 3.8) is 0 Å². The van der Waals surface area contributed by atoms with Gasteiger partial charge < -0.3 is 4.52 Å². The molecule has 0 aromatic carbocycles. The zero-order chi connectivity index (χ0) is 13.3. The van der Waals surface area contributed by atoms with E-state index in [2.05, 4.69) is 5.16 Å². The molecular weight excluding hydrogens is 276 g/mol. The third-order valence-corrected chi connectivity index (χ3v) is 5.94. The van der Waals surface area contributed by atoms with E-state index in [1.54, 1.807) is 13.8 Å². The molecule has 0 spiro atoms. The van der Waals surface area contributed by atoms with Gasteiger partial charge in [0.05, 0.1) is 0 Å². The monoisotopic (exact) mass is 292 g/mol. The van der Waals surface area contributed by atoms with Gasteiger partial charge in [-0.1, -0.05) is 5.16 Å². The molecule has 18 heavy (non-hydrogen) atoms.